The molecule has 138 valence electrons. The van der Waals surface area contributed by atoms with Crippen LogP contribution < -0.4 is 5.32 Å². The fourth-order valence-corrected chi connectivity index (χ4v) is 3.03. The van der Waals surface area contributed by atoms with Crippen molar-refractivity contribution in [3.05, 3.63) is 55.7 Å². The van der Waals surface area contributed by atoms with Gasteiger partial charge in [-0.1, -0.05) is 46.4 Å². The average molecular weight is 435 g/mol. The van der Waals surface area contributed by atoms with Gasteiger partial charge in [0.15, 0.2) is 0 Å². The van der Waals surface area contributed by atoms with Crippen molar-refractivity contribution >= 4 is 63.9 Å². The third-order valence-electron chi connectivity index (χ3n) is 3.64. The monoisotopic (exact) mass is 433 g/mol. The highest BCUT2D eigenvalue weighted by Crippen LogP contribution is 2.36. The molecule has 0 spiro atoms. The summed E-state index contributed by atoms with van der Waals surface area (Å²) in [6.45, 7) is 5.07. The first-order valence-corrected chi connectivity index (χ1v) is 9.21. The van der Waals surface area contributed by atoms with Crippen LogP contribution in [-0.2, 0) is 0 Å². The number of nitrogens with one attached hydrogen (secondary N) is 1. The Kier molecular flexibility index (Phi) is 7.12. The Labute approximate surface area is 171 Å². The van der Waals surface area contributed by atoms with Crippen molar-refractivity contribution in [3.8, 4) is 0 Å². The topological polar surface area (TPSA) is 62.3 Å². The lowest BCUT2D eigenvalue weighted by atomic mass is 10.1. The minimum Gasteiger partial charge on any atom is -0.339 e. The van der Waals surface area contributed by atoms with E-state index in [1.165, 1.54) is 0 Å². The van der Waals surface area contributed by atoms with Crippen LogP contribution in [0.5, 0.6) is 0 Å². The molecule has 0 aliphatic heterocycles. The maximum Gasteiger partial charge on any atom is 0.275 e. The number of hydrogen-bond acceptors (Lipinski definition) is 3. The van der Waals surface area contributed by atoms with Crippen LogP contribution in [0.2, 0.25) is 20.2 Å². The van der Waals surface area contributed by atoms with Crippen molar-refractivity contribution in [2.24, 2.45) is 0 Å². The van der Waals surface area contributed by atoms with Crippen LogP contribution in [0.15, 0.2) is 24.3 Å². The highest BCUT2D eigenvalue weighted by Gasteiger charge is 2.20. The summed E-state index contributed by atoms with van der Waals surface area (Å²) >= 11 is 23.6. The molecular weight excluding hydrogens is 420 g/mol. The van der Waals surface area contributed by atoms with E-state index in [4.69, 9.17) is 46.4 Å². The molecule has 0 fully saturated rings. The molecule has 0 saturated carbocycles. The average Bonchev–Trinajstić information content (AvgIpc) is 2.64. The molecule has 2 aromatic rings. The molecule has 0 aliphatic rings. The predicted molar refractivity (Wildman–Crippen MR) is 106 cm³/mol. The molecule has 0 unspecified atom stereocenters. The van der Waals surface area contributed by atoms with Crippen molar-refractivity contribution in [1.82, 2.24) is 9.88 Å². The Balaban J connectivity index is 2.20. The van der Waals surface area contributed by atoms with E-state index in [0.717, 1.165) is 0 Å². The van der Waals surface area contributed by atoms with E-state index < -0.39 is 5.91 Å². The Morgan fingerprint density at radius 2 is 1.54 bits per heavy atom. The van der Waals surface area contributed by atoms with E-state index in [0.29, 0.717) is 24.3 Å². The van der Waals surface area contributed by atoms with Gasteiger partial charge in [0.1, 0.15) is 10.8 Å². The molecule has 1 heterocycles. The summed E-state index contributed by atoms with van der Waals surface area (Å²) in [6.07, 6.45) is 0. The Hall–Kier alpha value is -1.53. The summed E-state index contributed by atoms with van der Waals surface area (Å²) in [4.78, 5) is 30.2. The molecule has 1 aromatic carbocycles. The maximum absolute atomic E-state index is 12.4. The summed E-state index contributed by atoms with van der Waals surface area (Å²) in [5.41, 5.74) is 0.848. The van der Waals surface area contributed by atoms with Crippen LogP contribution in [0, 0.1) is 0 Å². The second-order valence-corrected chi connectivity index (χ2v) is 6.69. The summed E-state index contributed by atoms with van der Waals surface area (Å²) in [7, 11) is 0. The number of benzene rings is 1. The smallest absolute Gasteiger partial charge is 0.275 e. The van der Waals surface area contributed by atoms with E-state index in [-0.39, 0.29) is 31.8 Å². The van der Waals surface area contributed by atoms with E-state index >= 15 is 0 Å². The first-order valence-electron chi connectivity index (χ1n) is 7.70. The van der Waals surface area contributed by atoms with Gasteiger partial charge in [-0.3, -0.25) is 9.59 Å². The molecule has 0 radical (unpaired) electrons. The zero-order valence-corrected chi connectivity index (χ0v) is 17.0. The molecule has 9 heteroatoms. The fraction of sp³-hybridized carbons (Fsp3) is 0.235. The van der Waals surface area contributed by atoms with Gasteiger partial charge in [0.05, 0.1) is 15.1 Å². The van der Waals surface area contributed by atoms with Crippen LogP contribution in [0.3, 0.4) is 0 Å². The Bertz CT molecular complexity index is 837. The van der Waals surface area contributed by atoms with Crippen molar-refractivity contribution < 1.29 is 9.59 Å². The number of amides is 2. The summed E-state index contributed by atoms with van der Waals surface area (Å²) in [5.74, 6) is -0.674. The second-order valence-electron chi connectivity index (χ2n) is 5.20. The first-order chi connectivity index (χ1) is 12.3. The predicted octanol–water partition coefficient (Wildman–Crippen LogP) is 5.43. The third-order valence-corrected chi connectivity index (χ3v) is 5.32. The SMILES string of the molecule is CCN(CC)C(=O)c1ccc(NC(=O)c2nc(Cl)c(Cl)c(Cl)c2Cl)cc1. The molecule has 2 rings (SSSR count). The molecule has 0 aliphatic carbocycles. The number of nitrogens with zero attached hydrogens (tertiary/aromatic N) is 2. The van der Waals surface area contributed by atoms with Crippen molar-refractivity contribution in [2.75, 3.05) is 18.4 Å². The zero-order valence-electron chi connectivity index (χ0n) is 13.9. The van der Waals surface area contributed by atoms with Gasteiger partial charge in [0.25, 0.3) is 11.8 Å². The summed E-state index contributed by atoms with van der Waals surface area (Å²) < 4.78 is 0. The fourth-order valence-electron chi connectivity index (χ4n) is 2.22. The number of carbonyl (C=O) groups is 2. The van der Waals surface area contributed by atoms with E-state index in [9.17, 15) is 9.59 Å². The molecule has 0 bridgehead atoms. The minimum absolute atomic E-state index is 0.0193. The van der Waals surface area contributed by atoms with Crippen molar-refractivity contribution in [2.45, 2.75) is 13.8 Å². The number of halogens is 4. The van der Waals surface area contributed by atoms with Gasteiger partial charge < -0.3 is 10.2 Å². The van der Waals surface area contributed by atoms with E-state index in [1.807, 2.05) is 13.8 Å². The van der Waals surface area contributed by atoms with E-state index in [1.54, 1.807) is 29.2 Å². The largest absolute Gasteiger partial charge is 0.339 e. The number of rotatable bonds is 5. The lowest BCUT2D eigenvalue weighted by molar-refractivity contribution is 0.0773. The summed E-state index contributed by atoms with van der Waals surface area (Å²) in [5, 5.41) is 2.35. The number of anilines is 1. The zero-order chi connectivity index (χ0) is 19.4. The van der Waals surface area contributed by atoms with Crippen molar-refractivity contribution in [3.63, 3.8) is 0 Å². The molecule has 1 N–H and O–H groups in total. The molecule has 0 saturated heterocycles. The number of hydrogen-bond donors (Lipinski definition) is 1. The van der Waals surface area contributed by atoms with Gasteiger partial charge in [-0.05, 0) is 38.1 Å². The lowest BCUT2D eigenvalue weighted by Gasteiger charge is -2.18. The minimum atomic E-state index is -0.599. The van der Waals surface area contributed by atoms with Crippen LogP contribution in [0.4, 0.5) is 5.69 Å². The van der Waals surface area contributed by atoms with Gasteiger partial charge >= 0.3 is 0 Å². The van der Waals surface area contributed by atoms with Gasteiger partial charge in [0, 0.05) is 24.3 Å². The van der Waals surface area contributed by atoms with Gasteiger partial charge in [-0.2, -0.15) is 0 Å². The normalized spacial score (nSPS) is 10.5. The van der Waals surface area contributed by atoms with E-state index in [2.05, 4.69) is 10.3 Å². The highest BCUT2D eigenvalue weighted by atomic mass is 35.5. The standard InChI is InChI=1S/C17H15Cl4N3O2/c1-3-24(4-2)17(26)9-5-7-10(8-6-9)22-16(25)14-12(19)11(18)13(20)15(21)23-14/h5-8H,3-4H2,1-2H3,(H,22,25). The number of pyridine rings is 1. The first kappa shape index (κ1) is 20.8. The van der Waals surface area contributed by atoms with Gasteiger partial charge in [0.2, 0.25) is 0 Å². The second kappa shape index (κ2) is 8.91. The molecule has 1 aromatic heterocycles. The quantitative estimate of drug-likeness (QED) is 0.638. The third kappa shape index (κ3) is 4.41. The number of aromatic nitrogens is 1. The Morgan fingerprint density at radius 1 is 0.962 bits per heavy atom. The highest BCUT2D eigenvalue weighted by molar-refractivity contribution is 6.52. The molecule has 0 atom stereocenters. The molecular formula is C17H15Cl4N3O2. The van der Waals surface area contributed by atoms with Crippen LogP contribution in [0.1, 0.15) is 34.7 Å². The van der Waals surface area contributed by atoms with Crippen LogP contribution >= 0.6 is 46.4 Å². The molecule has 26 heavy (non-hydrogen) atoms. The number of carbonyl (C=O) groups excluding carboxylic acids is 2. The lowest BCUT2D eigenvalue weighted by Crippen LogP contribution is -2.30. The molecule has 2 amide bonds. The summed E-state index contributed by atoms with van der Waals surface area (Å²) in [6, 6.07) is 6.49. The van der Waals surface area contributed by atoms with Gasteiger partial charge in [-0.15, -0.1) is 0 Å². The van der Waals surface area contributed by atoms with Crippen LogP contribution in [0.25, 0.3) is 0 Å². The molecule has 5 nitrogen and oxygen atoms in total. The maximum atomic E-state index is 12.4. The van der Waals surface area contributed by atoms with Crippen LogP contribution in [-0.4, -0.2) is 34.8 Å². The Morgan fingerprint density at radius 3 is 2.08 bits per heavy atom. The van der Waals surface area contributed by atoms with Gasteiger partial charge in [-0.25, -0.2) is 4.98 Å². The van der Waals surface area contributed by atoms with Crippen molar-refractivity contribution in [1.29, 1.82) is 0 Å².